The number of likely N-dealkylation sites (N-methyl/N-ethyl adjacent to an activating group) is 1. The second kappa shape index (κ2) is 5.60. The highest BCUT2D eigenvalue weighted by Gasteiger charge is 2.04. The van der Waals surface area contributed by atoms with Crippen molar-refractivity contribution in [1.29, 1.82) is 0 Å². The Kier molecular flexibility index (Phi) is 3.89. The van der Waals surface area contributed by atoms with E-state index in [-0.39, 0.29) is 5.56 Å². The number of nitrogens with one attached hydrogen (secondary N) is 1. The lowest BCUT2D eigenvalue weighted by Crippen LogP contribution is -2.26. The normalized spacial score (nSPS) is 10.7. The van der Waals surface area contributed by atoms with Crippen LogP contribution in [0.3, 0.4) is 0 Å². The molecule has 0 amide bonds. The molecule has 0 saturated heterocycles. The first-order chi connectivity index (χ1) is 8.72. The van der Waals surface area contributed by atoms with Crippen LogP contribution in [0.1, 0.15) is 6.92 Å². The summed E-state index contributed by atoms with van der Waals surface area (Å²) in [6.07, 6.45) is 1.72. The highest BCUT2D eigenvalue weighted by atomic mass is 16.1. The standard InChI is InChI=1S/C14H17N3O/c1-3-15-8-11(2)10-17-14(18)13-7-5-4-6-12(13)9-16-17/h4-7,9,15H,2-3,8,10H2,1H3. The molecule has 0 saturated carbocycles. The number of rotatable bonds is 5. The lowest BCUT2D eigenvalue weighted by molar-refractivity contribution is 0.616. The summed E-state index contributed by atoms with van der Waals surface area (Å²) >= 11 is 0. The van der Waals surface area contributed by atoms with Crippen molar-refractivity contribution in [3.8, 4) is 0 Å². The van der Waals surface area contributed by atoms with Gasteiger partial charge >= 0.3 is 0 Å². The Bertz CT molecular complexity index is 616. The van der Waals surface area contributed by atoms with E-state index in [1.807, 2.05) is 31.2 Å². The van der Waals surface area contributed by atoms with Crippen LogP contribution < -0.4 is 10.9 Å². The fraction of sp³-hybridized carbons (Fsp3) is 0.286. The van der Waals surface area contributed by atoms with Crippen molar-refractivity contribution >= 4 is 10.8 Å². The van der Waals surface area contributed by atoms with Crippen LogP contribution >= 0.6 is 0 Å². The van der Waals surface area contributed by atoms with Gasteiger partial charge in [0.15, 0.2) is 0 Å². The van der Waals surface area contributed by atoms with E-state index in [9.17, 15) is 4.79 Å². The Labute approximate surface area is 106 Å². The van der Waals surface area contributed by atoms with Gasteiger partial charge in [-0.2, -0.15) is 5.10 Å². The van der Waals surface area contributed by atoms with Crippen LogP contribution in [-0.4, -0.2) is 22.9 Å². The zero-order chi connectivity index (χ0) is 13.0. The maximum Gasteiger partial charge on any atom is 0.274 e. The number of hydrogen-bond donors (Lipinski definition) is 1. The Balaban J connectivity index is 2.27. The van der Waals surface area contributed by atoms with Gasteiger partial charge in [-0.05, 0) is 18.2 Å². The molecule has 1 heterocycles. The first-order valence-corrected chi connectivity index (χ1v) is 6.04. The molecule has 0 bridgehead atoms. The fourth-order valence-electron chi connectivity index (χ4n) is 1.81. The van der Waals surface area contributed by atoms with E-state index in [0.29, 0.717) is 18.5 Å². The first-order valence-electron chi connectivity index (χ1n) is 6.04. The highest BCUT2D eigenvalue weighted by Crippen LogP contribution is 2.06. The predicted octanol–water partition coefficient (Wildman–Crippen LogP) is 1.56. The van der Waals surface area contributed by atoms with Gasteiger partial charge < -0.3 is 5.32 Å². The molecule has 0 fully saturated rings. The second-order valence-corrected chi connectivity index (χ2v) is 4.22. The van der Waals surface area contributed by atoms with Gasteiger partial charge in [0, 0.05) is 11.9 Å². The summed E-state index contributed by atoms with van der Waals surface area (Å²) in [6, 6.07) is 7.48. The van der Waals surface area contributed by atoms with Crippen molar-refractivity contribution < 1.29 is 0 Å². The predicted molar refractivity (Wildman–Crippen MR) is 73.7 cm³/mol. The zero-order valence-corrected chi connectivity index (χ0v) is 10.5. The molecular weight excluding hydrogens is 226 g/mol. The van der Waals surface area contributed by atoms with Gasteiger partial charge in [-0.15, -0.1) is 0 Å². The molecule has 0 aliphatic rings. The molecule has 0 unspecified atom stereocenters. The summed E-state index contributed by atoms with van der Waals surface area (Å²) in [7, 11) is 0. The van der Waals surface area contributed by atoms with E-state index in [4.69, 9.17) is 0 Å². The number of nitrogens with zero attached hydrogens (tertiary/aromatic N) is 2. The third-order valence-electron chi connectivity index (χ3n) is 2.76. The second-order valence-electron chi connectivity index (χ2n) is 4.22. The van der Waals surface area contributed by atoms with Crippen LogP contribution in [0, 0.1) is 0 Å². The van der Waals surface area contributed by atoms with Crippen molar-refractivity contribution in [2.75, 3.05) is 13.1 Å². The number of benzene rings is 1. The molecule has 1 aromatic heterocycles. The van der Waals surface area contributed by atoms with Crippen LogP contribution in [-0.2, 0) is 6.54 Å². The number of fused-ring (bicyclic) bond motifs is 1. The molecule has 0 atom stereocenters. The molecule has 0 spiro atoms. The topological polar surface area (TPSA) is 46.9 Å². The van der Waals surface area contributed by atoms with E-state index >= 15 is 0 Å². The van der Waals surface area contributed by atoms with Crippen molar-refractivity contribution in [1.82, 2.24) is 15.1 Å². The number of hydrogen-bond acceptors (Lipinski definition) is 3. The van der Waals surface area contributed by atoms with E-state index in [1.165, 1.54) is 4.68 Å². The highest BCUT2D eigenvalue weighted by molar-refractivity contribution is 5.80. The smallest absolute Gasteiger partial charge is 0.274 e. The maximum absolute atomic E-state index is 12.2. The van der Waals surface area contributed by atoms with Gasteiger partial charge in [-0.3, -0.25) is 4.79 Å². The largest absolute Gasteiger partial charge is 0.313 e. The van der Waals surface area contributed by atoms with E-state index in [0.717, 1.165) is 17.5 Å². The quantitative estimate of drug-likeness (QED) is 0.811. The SMILES string of the molecule is C=C(CNCC)Cn1ncc2ccccc2c1=O. The molecule has 0 aliphatic heterocycles. The summed E-state index contributed by atoms with van der Waals surface area (Å²) < 4.78 is 1.46. The lowest BCUT2D eigenvalue weighted by atomic mass is 10.2. The summed E-state index contributed by atoms with van der Waals surface area (Å²) in [4.78, 5) is 12.2. The zero-order valence-electron chi connectivity index (χ0n) is 10.5. The van der Waals surface area contributed by atoms with Crippen molar-refractivity contribution in [3.05, 3.63) is 53.0 Å². The molecule has 18 heavy (non-hydrogen) atoms. The Morgan fingerprint density at radius 2 is 2.22 bits per heavy atom. The van der Waals surface area contributed by atoms with Gasteiger partial charge in [0.2, 0.25) is 0 Å². The van der Waals surface area contributed by atoms with Crippen molar-refractivity contribution in [2.45, 2.75) is 13.5 Å². The Morgan fingerprint density at radius 3 is 3.00 bits per heavy atom. The Morgan fingerprint density at radius 1 is 1.44 bits per heavy atom. The Hall–Kier alpha value is -1.94. The first kappa shape index (κ1) is 12.5. The molecule has 2 rings (SSSR count). The molecular formula is C14H17N3O. The molecule has 0 radical (unpaired) electrons. The minimum absolute atomic E-state index is 0.0641. The third kappa shape index (κ3) is 2.65. The van der Waals surface area contributed by atoms with E-state index in [2.05, 4.69) is 17.0 Å². The lowest BCUT2D eigenvalue weighted by Gasteiger charge is -2.08. The minimum atomic E-state index is -0.0641. The third-order valence-corrected chi connectivity index (χ3v) is 2.76. The summed E-state index contributed by atoms with van der Waals surface area (Å²) in [5.74, 6) is 0. The average molecular weight is 243 g/mol. The van der Waals surface area contributed by atoms with Gasteiger partial charge in [0.25, 0.3) is 5.56 Å². The molecule has 1 N–H and O–H groups in total. The van der Waals surface area contributed by atoms with E-state index in [1.54, 1.807) is 6.20 Å². The van der Waals surface area contributed by atoms with E-state index < -0.39 is 0 Å². The van der Waals surface area contributed by atoms with Crippen LogP contribution in [0.25, 0.3) is 10.8 Å². The molecule has 0 aliphatic carbocycles. The van der Waals surface area contributed by atoms with Crippen molar-refractivity contribution in [2.24, 2.45) is 0 Å². The average Bonchev–Trinajstić information content (AvgIpc) is 2.40. The van der Waals surface area contributed by atoms with Crippen LogP contribution in [0.4, 0.5) is 0 Å². The molecule has 4 nitrogen and oxygen atoms in total. The maximum atomic E-state index is 12.2. The minimum Gasteiger partial charge on any atom is -0.313 e. The van der Waals surface area contributed by atoms with Gasteiger partial charge in [0.05, 0.1) is 18.1 Å². The van der Waals surface area contributed by atoms with Crippen LogP contribution in [0.5, 0.6) is 0 Å². The van der Waals surface area contributed by atoms with Crippen molar-refractivity contribution in [3.63, 3.8) is 0 Å². The summed E-state index contributed by atoms with van der Waals surface area (Å²) in [6.45, 7) is 8.03. The van der Waals surface area contributed by atoms with Gasteiger partial charge in [0.1, 0.15) is 0 Å². The monoisotopic (exact) mass is 243 g/mol. The van der Waals surface area contributed by atoms with Gasteiger partial charge in [-0.1, -0.05) is 31.7 Å². The van der Waals surface area contributed by atoms with Crippen LogP contribution in [0.2, 0.25) is 0 Å². The molecule has 1 aromatic carbocycles. The molecule has 4 heteroatoms. The van der Waals surface area contributed by atoms with Crippen LogP contribution in [0.15, 0.2) is 47.4 Å². The molecule has 2 aromatic rings. The fourth-order valence-corrected chi connectivity index (χ4v) is 1.81. The van der Waals surface area contributed by atoms with Gasteiger partial charge in [-0.25, -0.2) is 4.68 Å². The summed E-state index contributed by atoms with van der Waals surface area (Å²) in [5, 5.41) is 8.92. The number of aromatic nitrogens is 2. The molecule has 94 valence electrons. The summed E-state index contributed by atoms with van der Waals surface area (Å²) in [5.41, 5.74) is 0.882.